The summed E-state index contributed by atoms with van der Waals surface area (Å²) in [5.74, 6) is -0.373. The largest absolute Gasteiger partial charge is 0.489 e. The molecule has 0 aliphatic carbocycles. The molecule has 27 heavy (non-hydrogen) atoms. The number of nitro groups is 1. The van der Waals surface area contributed by atoms with Crippen LogP contribution < -0.4 is 9.64 Å². The molecule has 1 heterocycles. The summed E-state index contributed by atoms with van der Waals surface area (Å²) in [6, 6.07) is 11.9. The Kier molecular flexibility index (Phi) is 5.35. The molecule has 8 heteroatoms. The minimum absolute atomic E-state index is 0.0388. The smallest absolute Gasteiger partial charge is 0.308 e. The fourth-order valence-corrected chi connectivity index (χ4v) is 2.96. The normalized spacial score (nSPS) is 15.4. The number of carbonyl (C=O) groups is 2. The molecule has 1 amide bonds. The van der Waals surface area contributed by atoms with Gasteiger partial charge in [0.2, 0.25) is 0 Å². The maximum atomic E-state index is 13.2. The van der Waals surface area contributed by atoms with Crippen molar-refractivity contribution in [2.45, 2.75) is 19.4 Å². The number of para-hydroxylation sites is 2. The summed E-state index contributed by atoms with van der Waals surface area (Å²) in [5, 5.41) is 11.0. The first-order valence-electron chi connectivity index (χ1n) is 8.46. The van der Waals surface area contributed by atoms with E-state index in [1.807, 2.05) is 0 Å². The van der Waals surface area contributed by atoms with Crippen molar-refractivity contribution in [2.24, 2.45) is 0 Å². The van der Waals surface area contributed by atoms with Crippen LogP contribution in [0.4, 0.5) is 11.4 Å². The molecule has 0 radical (unpaired) electrons. The van der Waals surface area contributed by atoms with E-state index in [2.05, 4.69) is 0 Å². The molecule has 1 aliphatic rings. The lowest BCUT2D eigenvalue weighted by atomic mass is 10.1. The number of rotatable bonds is 5. The van der Waals surface area contributed by atoms with Crippen molar-refractivity contribution in [2.75, 3.05) is 18.1 Å². The summed E-state index contributed by atoms with van der Waals surface area (Å²) in [5.41, 5.74) is 0.494. The minimum atomic E-state index is -0.578. The van der Waals surface area contributed by atoms with E-state index >= 15 is 0 Å². The highest BCUT2D eigenvalue weighted by Gasteiger charge is 2.35. The predicted molar refractivity (Wildman–Crippen MR) is 96.9 cm³/mol. The highest BCUT2D eigenvalue weighted by molar-refractivity contribution is 6.08. The van der Waals surface area contributed by atoms with Gasteiger partial charge in [-0.25, -0.2) is 0 Å². The lowest BCUT2D eigenvalue weighted by Gasteiger charge is -2.36. The van der Waals surface area contributed by atoms with Gasteiger partial charge in [0.15, 0.2) is 0 Å². The zero-order valence-electron chi connectivity index (χ0n) is 14.7. The van der Waals surface area contributed by atoms with Gasteiger partial charge in [0, 0.05) is 17.7 Å². The molecule has 1 aliphatic heterocycles. The molecule has 3 rings (SSSR count). The average molecular weight is 370 g/mol. The van der Waals surface area contributed by atoms with Crippen molar-refractivity contribution in [1.82, 2.24) is 0 Å². The van der Waals surface area contributed by atoms with Gasteiger partial charge in [0.05, 0.1) is 29.7 Å². The number of nitro benzene ring substituents is 1. The fraction of sp³-hybridized carbons (Fsp3) is 0.263. The monoisotopic (exact) mass is 370 g/mol. The van der Waals surface area contributed by atoms with Gasteiger partial charge in [-0.3, -0.25) is 24.6 Å². The summed E-state index contributed by atoms with van der Waals surface area (Å²) in [4.78, 5) is 37.1. The maximum absolute atomic E-state index is 13.2. The molecule has 0 fully saturated rings. The number of ether oxygens (including phenoxy) is 2. The zero-order chi connectivity index (χ0) is 19.4. The lowest BCUT2D eigenvalue weighted by molar-refractivity contribution is -0.384. The topological polar surface area (TPSA) is 99.0 Å². The van der Waals surface area contributed by atoms with E-state index in [9.17, 15) is 19.7 Å². The quantitative estimate of drug-likeness (QED) is 0.456. The van der Waals surface area contributed by atoms with Gasteiger partial charge in [0.1, 0.15) is 12.4 Å². The summed E-state index contributed by atoms with van der Waals surface area (Å²) in [7, 11) is 0. The first-order valence-corrected chi connectivity index (χ1v) is 8.46. The van der Waals surface area contributed by atoms with Gasteiger partial charge in [-0.2, -0.15) is 0 Å². The number of nitrogens with zero attached hydrogens (tertiary/aromatic N) is 2. The zero-order valence-corrected chi connectivity index (χ0v) is 14.7. The third-order valence-corrected chi connectivity index (χ3v) is 4.15. The van der Waals surface area contributed by atoms with Crippen molar-refractivity contribution in [3.8, 4) is 5.75 Å². The molecule has 0 aromatic heterocycles. The Morgan fingerprint density at radius 3 is 2.78 bits per heavy atom. The van der Waals surface area contributed by atoms with Crippen LogP contribution in [0.2, 0.25) is 0 Å². The first-order chi connectivity index (χ1) is 13.0. The van der Waals surface area contributed by atoms with Crippen LogP contribution in [-0.4, -0.2) is 36.1 Å². The van der Waals surface area contributed by atoms with Gasteiger partial charge < -0.3 is 9.47 Å². The molecule has 2 aromatic rings. The number of non-ortho nitro benzene ring substituents is 1. The van der Waals surface area contributed by atoms with E-state index in [1.54, 1.807) is 31.2 Å². The molecule has 0 saturated carbocycles. The maximum Gasteiger partial charge on any atom is 0.308 e. The summed E-state index contributed by atoms with van der Waals surface area (Å²) in [6.07, 6.45) is -0.0388. The fourth-order valence-electron chi connectivity index (χ4n) is 2.96. The Bertz CT molecular complexity index is 882. The van der Waals surface area contributed by atoms with Crippen LogP contribution in [0, 0.1) is 10.1 Å². The van der Waals surface area contributed by atoms with Gasteiger partial charge in [0.25, 0.3) is 11.6 Å². The van der Waals surface area contributed by atoms with Crippen molar-refractivity contribution in [3.63, 3.8) is 0 Å². The highest BCUT2D eigenvalue weighted by Crippen LogP contribution is 2.35. The molecule has 0 unspecified atom stereocenters. The Hall–Kier alpha value is -3.42. The minimum Gasteiger partial charge on any atom is -0.489 e. The second-order valence-corrected chi connectivity index (χ2v) is 5.92. The average Bonchev–Trinajstić information content (AvgIpc) is 2.67. The van der Waals surface area contributed by atoms with E-state index in [4.69, 9.17) is 9.47 Å². The molecule has 0 bridgehead atoms. The first kappa shape index (κ1) is 18.4. The molecule has 1 atom stereocenters. The van der Waals surface area contributed by atoms with E-state index in [0.29, 0.717) is 11.4 Å². The molecule has 0 spiro atoms. The van der Waals surface area contributed by atoms with Crippen LogP contribution in [0.15, 0.2) is 48.5 Å². The molecular weight excluding hydrogens is 352 g/mol. The van der Waals surface area contributed by atoms with Crippen molar-refractivity contribution in [3.05, 3.63) is 64.2 Å². The Balaban J connectivity index is 1.98. The van der Waals surface area contributed by atoms with Gasteiger partial charge in [-0.15, -0.1) is 0 Å². The Morgan fingerprint density at radius 2 is 2.04 bits per heavy atom. The van der Waals surface area contributed by atoms with Crippen LogP contribution in [0.3, 0.4) is 0 Å². The van der Waals surface area contributed by atoms with Gasteiger partial charge in [-0.1, -0.05) is 18.2 Å². The van der Waals surface area contributed by atoms with Crippen LogP contribution >= 0.6 is 0 Å². The number of hydrogen-bond donors (Lipinski definition) is 0. The molecule has 2 aromatic carbocycles. The molecule has 140 valence electrons. The number of hydrogen-bond acceptors (Lipinski definition) is 6. The van der Waals surface area contributed by atoms with Gasteiger partial charge in [-0.05, 0) is 25.1 Å². The number of esters is 1. The standard InChI is InChI=1S/C19H18N2O6/c1-2-26-18(22)11-15-12-27-17-9-4-3-8-16(17)20(15)19(23)13-6-5-7-14(10-13)21(24)25/h3-10,15H,2,11-12H2,1H3/t15-/m0/s1. The number of amides is 1. The van der Waals surface area contributed by atoms with E-state index in [-0.39, 0.29) is 30.9 Å². The Labute approximate surface area is 155 Å². The van der Waals surface area contributed by atoms with Crippen molar-refractivity contribution >= 4 is 23.3 Å². The van der Waals surface area contributed by atoms with Crippen LogP contribution in [-0.2, 0) is 9.53 Å². The van der Waals surface area contributed by atoms with E-state index in [0.717, 1.165) is 0 Å². The summed E-state index contributed by atoms with van der Waals surface area (Å²) < 4.78 is 10.7. The van der Waals surface area contributed by atoms with E-state index < -0.39 is 22.8 Å². The van der Waals surface area contributed by atoms with Crippen LogP contribution in [0.25, 0.3) is 0 Å². The van der Waals surface area contributed by atoms with Crippen molar-refractivity contribution < 1.29 is 24.0 Å². The molecule has 0 N–H and O–H groups in total. The Morgan fingerprint density at radius 1 is 1.26 bits per heavy atom. The van der Waals surface area contributed by atoms with Gasteiger partial charge >= 0.3 is 5.97 Å². The lowest BCUT2D eigenvalue weighted by Crippen LogP contribution is -2.48. The highest BCUT2D eigenvalue weighted by atomic mass is 16.6. The van der Waals surface area contributed by atoms with Crippen molar-refractivity contribution in [1.29, 1.82) is 0 Å². The van der Waals surface area contributed by atoms with E-state index in [1.165, 1.54) is 29.2 Å². The van der Waals surface area contributed by atoms with Crippen LogP contribution in [0.1, 0.15) is 23.7 Å². The number of fused-ring (bicyclic) bond motifs is 1. The predicted octanol–water partition coefficient (Wildman–Crippen LogP) is 2.96. The third-order valence-electron chi connectivity index (χ3n) is 4.15. The SMILES string of the molecule is CCOC(=O)C[C@H]1COc2ccccc2N1C(=O)c1cccc([N+](=O)[O-])c1. The number of benzene rings is 2. The number of carbonyl (C=O) groups excluding carboxylic acids is 2. The molecular formula is C19H18N2O6. The number of anilines is 1. The molecule has 0 saturated heterocycles. The molecule has 8 nitrogen and oxygen atoms in total. The van der Waals surface area contributed by atoms with Crippen LogP contribution in [0.5, 0.6) is 5.75 Å². The summed E-state index contributed by atoms with van der Waals surface area (Å²) in [6.45, 7) is 2.06. The third kappa shape index (κ3) is 3.89. The second kappa shape index (κ2) is 7.86. The summed E-state index contributed by atoms with van der Waals surface area (Å²) >= 11 is 0. The second-order valence-electron chi connectivity index (χ2n) is 5.92.